The molecule has 1 aliphatic rings. The fraction of sp³-hybridized carbons (Fsp3) is 0.294. The molecule has 1 N–H and O–H groups in total. The van der Waals surface area contributed by atoms with Gasteiger partial charge < -0.3 is 10.0 Å². The molecule has 0 aromatic heterocycles. The van der Waals surface area contributed by atoms with Gasteiger partial charge in [0.2, 0.25) is 0 Å². The first-order valence-corrected chi connectivity index (χ1v) is 8.28. The highest BCUT2D eigenvalue weighted by Crippen LogP contribution is 2.33. The number of β-amino-alcohol motifs (C(OH)–C–C–N with tert-alkyl or cyclic N) is 1. The summed E-state index contributed by atoms with van der Waals surface area (Å²) in [6.07, 6.45) is 2.09. The van der Waals surface area contributed by atoms with Crippen LogP contribution in [-0.2, 0) is 6.42 Å². The molecule has 1 heterocycles. The zero-order valence-corrected chi connectivity index (χ0v) is 14.1. The Hall–Kier alpha value is -1.62. The fourth-order valence-corrected chi connectivity index (χ4v) is 3.07. The SMILES string of the molecule is OCCN1CCCc2cc(N=Nc3cc(Cl)ccc3Cl)ccc21. The smallest absolute Gasteiger partial charge is 0.106 e. The van der Waals surface area contributed by atoms with Crippen molar-refractivity contribution in [3.8, 4) is 0 Å². The second-order valence-corrected chi connectivity index (χ2v) is 6.27. The lowest BCUT2D eigenvalue weighted by molar-refractivity contribution is 0.301. The highest BCUT2D eigenvalue weighted by Gasteiger charge is 2.16. The second-order valence-electron chi connectivity index (χ2n) is 5.42. The molecule has 1 aliphatic heterocycles. The summed E-state index contributed by atoms with van der Waals surface area (Å²) in [5.41, 5.74) is 3.74. The minimum Gasteiger partial charge on any atom is -0.395 e. The fourth-order valence-electron chi connectivity index (χ4n) is 2.75. The van der Waals surface area contributed by atoms with Crippen molar-refractivity contribution in [1.29, 1.82) is 0 Å². The van der Waals surface area contributed by atoms with Gasteiger partial charge in [-0.05, 0) is 54.8 Å². The number of hydrogen-bond donors (Lipinski definition) is 1. The summed E-state index contributed by atoms with van der Waals surface area (Å²) in [5.74, 6) is 0. The van der Waals surface area contributed by atoms with E-state index >= 15 is 0 Å². The third-order valence-electron chi connectivity index (χ3n) is 3.83. The summed E-state index contributed by atoms with van der Waals surface area (Å²) < 4.78 is 0. The van der Waals surface area contributed by atoms with E-state index < -0.39 is 0 Å². The van der Waals surface area contributed by atoms with Crippen LogP contribution < -0.4 is 4.90 Å². The molecular weight excluding hydrogens is 333 g/mol. The zero-order chi connectivity index (χ0) is 16.2. The average molecular weight is 350 g/mol. The van der Waals surface area contributed by atoms with Crippen molar-refractivity contribution in [2.45, 2.75) is 12.8 Å². The molecule has 0 fully saturated rings. The van der Waals surface area contributed by atoms with Crippen molar-refractivity contribution in [3.05, 3.63) is 52.0 Å². The molecule has 4 nitrogen and oxygen atoms in total. The lowest BCUT2D eigenvalue weighted by atomic mass is 10.0. The topological polar surface area (TPSA) is 48.2 Å². The Labute approximate surface area is 145 Å². The summed E-state index contributed by atoms with van der Waals surface area (Å²) >= 11 is 12.0. The van der Waals surface area contributed by atoms with Crippen molar-refractivity contribution >= 4 is 40.3 Å². The lowest BCUT2D eigenvalue weighted by Gasteiger charge is -2.30. The molecule has 6 heteroatoms. The third kappa shape index (κ3) is 3.83. The average Bonchev–Trinajstić information content (AvgIpc) is 2.56. The van der Waals surface area contributed by atoms with E-state index in [0.717, 1.165) is 25.1 Å². The van der Waals surface area contributed by atoms with Crippen LogP contribution in [-0.4, -0.2) is 24.8 Å². The molecule has 2 aromatic carbocycles. The summed E-state index contributed by atoms with van der Waals surface area (Å²) in [6, 6.07) is 11.1. The van der Waals surface area contributed by atoms with Gasteiger partial charge in [0.05, 0.1) is 17.3 Å². The molecule has 0 radical (unpaired) electrons. The molecule has 0 amide bonds. The van der Waals surface area contributed by atoms with Crippen molar-refractivity contribution in [1.82, 2.24) is 0 Å². The molecule has 3 rings (SSSR count). The Kier molecular flexibility index (Phi) is 5.16. The number of azo groups is 1. The number of halogens is 2. The van der Waals surface area contributed by atoms with Crippen LogP contribution in [0, 0.1) is 0 Å². The summed E-state index contributed by atoms with van der Waals surface area (Å²) in [7, 11) is 0. The van der Waals surface area contributed by atoms with E-state index in [1.165, 1.54) is 11.3 Å². The Morgan fingerprint density at radius 3 is 2.78 bits per heavy atom. The van der Waals surface area contributed by atoms with Crippen molar-refractivity contribution < 1.29 is 5.11 Å². The predicted octanol–water partition coefficient (Wildman–Crippen LogP) is 5.15. The van der Waals surface area contributed by atoms with Crippen LogP contribution in [0.5, 0.6) is 0 Å². The summed E-state index contributed by atoms with van der Waals surface area (Å²) in [4.78, 5) is 2.20. The van der Waals surface area contributed by atoms with Gasteiger partial charge in [-0.1, -0.05) is 23.2 Å². The monoisotopic (exact) mass is 349 g/mol. The van der Waals surface area contributed by atoms with Crippen molar-refractivity contribution in [2.75, 3.05) is 24.6 Å². The number of aliphatic hydroxyl groups is 1. The Bertz CT molecular complexity index is 734. The van der Waals surface area contributed by atoms with Crippen LogP contribution in [0.25, 0.3) is 0 Å². The number of rotatable bonds is 4. The van der Waals surface area contributed by atoms with Gasteiger partial charge in [0, 0.05) is 23.8 Å². The number of nitrogens with zero attached hydrogens (tertiary/aromatic N) is 3. The molecule has 2 aromatic rings. The Balaban J connectivity index is 1.84. The zero-order valence-electron chi connectivity index (χ0n) is 12.5. The van der Waals surface area contributed by atoms with Gasteiger partial charge in [-0.2, -0.15) is 5.11 Å². The maximum absolute atomic E-state index is 9.16. The Morgan fingerprint density at radius 1 is 1.09 bits per heavy atom. The summed E-state index contributed by atoms with van der Waals surface area (Å²) in [6.45, 7) is 1.80. The van der Waals surface area contributed by atoms with E-state index in [4.69, 9.17) is 28.3 Å². The van der Waals surface area contributed by atoms with Crippen molar-refractivity contribution in [2.24, 2.45) is 10.2 Å². The van der Waals surface area contributed by atoms with Crippen LogP contribution in [0.15, 0.2) is 46.6 Å². The largest absolute Gasteiger partial charge is 0.395 e. The van der Waals surface area contributed by atoms with E-state index in [1.54, 1.807) is 18.2 Å². The number of anilines is 1. The molecule has 0 saturated carbocycles. The number of fused-ring (bicyclic) bond motifs is 1. The van der Waals surface area contributed by atoms with E-state index in [1.807, 2.05) is 18.2 Å². The van der Waals surface area contributed by atoms with Crippen LogP contribution >= 0.6 is 23.2 Å². The van der Waals surface area contributed by atoms with Gasteiger partial charge in [-0.15, -0.1) is 5.11 Å². The predicted molar refractivity (Wildman–Crippen MR) is 94.7 cm³/mol. The number of aliphatic hydroxyl groups excluding tert-OH is 1. The van der Waals surface area contributed by atoms with Gasteiger partial charge in [-0.3, -0.25) is 0 Å². The van der Waals surface area contributed by atoms with Crippen LogP contribution in [0.4, 0.5) is 17.1 Å². The first kappa shape index (κ1) is 16.2. The molecule has 0 spiro atoms. The minimum absolute atomic E-state index is 0.161. The molecule has 0 aliphatic carbocycles. The highest BCUT2D eigenvalue weighted by molar-refractivity contribution is 6.35. The van der Waals surface area contributed by atoms with E-state index in [2.05, 4.69) is 15.1 Å². The van der Waals surface area contributed by atoms with Gasteiger partial charge in [-0.25, -0.2) is 0 Å². The van der Waals surface area contributed by atoms with Crippen molar-refractivity contribution in [3.63, 3.8) is 0 Å². The molecule has 0 unspecified atom stereocenters. The van der Waals surface area contributed by atoms with Gasteiger partial charge >= 0.3 is 0 Å². The highest BCUT2D eigenvalue weighted by atomic mass is 35.5. The number of benzene rings is 2. The first-order valence-electron chi connectivity index (χ1n) is 7.53. The van der Waals surface area contributed by atoms with Crippen LogP contribution in [0.3, 0.4) is 0 Å². The standard InChI is InChI=1S/C17H17Cl2N3O/c18-13-3-5-15(19)16(11-13)21-20-14-4-6-17-12(10-14)2-1-7-22(17)8-9-23/h3-6,10-11,23H,1-2,7-9H2. The van der Waals surface area contributed by atoms with E-state index in [-0.39, 0.29) is 6.61 Å². The Morgan fingerprint density at radius 2 is 1.96 bits per heavy atom. The molecule has 0 atom stereocenters. The van der Waals surface area contributed by atoms with Gasteiger partial charge in [0.1, 0.15) is 5.69 Å². The normalized spacial score (nSPS) is 14.3. The van der Waals surface area contributed by atoms with Gasteiger partial charge in [0.15, 0.2) is 0 Å². The van der Waals surface area contributed by atoms with E-state index in [9.17, 15) is 0 Å². The molecule has 120 valence electrons. The number of hydrogen-bond acceptors (Lipinski definition) is 4. The van der Waals surface area contributed by atoms with Crippen LogP contribution in [0.2, 0.25) is 10.0 Å². The molecule has 23 heavy (non-hydrogen) atoms. The van der Waals surface area contributed by atoms with E-state index in [0.29, 0.717) is 22.3 Å². The maximum atomic E-state index is 9.16. The first-order chi connectivity index (χ1) is 11.2. The molecule has 0 saturated heterocycles. The third-order valence-corrected chi connectivity index (χ3v) is 4.38. The van der Waals surface area contributed by atoms with Crippen LogP contribution in [0.1, 0.15) is 12.0 Å². The molecular formula is C17H17Cl2N3O. The van der Waals surface area contributed by atoms with Gasteiger partial charge in [0.25, 0.3) is 0 Å². The quantitative estimate of drug-likeness (QED) is 0.775. The maximum Gasteiger partial charge on any atom is 0.106 e. The summed E-state index contributed by atoms with van der Waals surface area (Å²) in [5, 5.41) is 18.7. The lowest BCUT2D eigenvalue weighted by Crippen LogP contribution is -2.31. The second kappa shape index (κ2) is 7.30. The number of aryl methyl sites for hydroxylation is 1. The minimum atomic E-state index is 0.161. The molecule has 0 bridgehead atoms.